The van der Waals surface area contributed by atoms with Gasteiger partial charge in [0.25, 0.3) is 0 Å². The third-order valence-corrected chi connectivity index (χ3v) is 3.87. The molecule has 0 radical (unpaired) electrons. The smallest absolute Gasteiger partial charge is 0.00496 e. The van der Waals surface area contributed by atoms with E-state index in [9.17, 15) is 0 Å². The van der Waals surface area contributed by atoms with Crippen molar-refractivity contribution in [2.45, 2.75) is 64.7 Å². The molecule has 0 aliphatic heterocycles. The molecule has 1 aromatic carbocycles. The Bertz CT molecular complexity index is 267. The van der Waals surface area contributed by atoms with Gasteiger partial charge in [-0.05, 0) is 30.2 Å². The first-order valence-corrected chi connectivity index (χ1v) is 6.93. The first-order chi connectivity index (χ1) is 7.87. The highest BCUT2D eigenvalue weighted by Gasteiger charge is 2.31. The van der Waals surface area contributed by atoms with Crippen molar-refractivity contribution in [2.24, 2.45) is 0 Å². The van der Waals surface area contributed by atoms with Crippen LogP contribution in [0.5, 0.6) is 0 Å². The molecule has 90 valence electrons. The molecule has 0 bridgehead atoms. The van der Waals surface area contributed by atoms with Crippen molar-refractivity contribution in [3.8, 4) is 0 Å². The summed E-state index contributed by atoms with van der Waals surface area (Å²) in [5.74, 6) is 0. The van der Waals surface area contributed by atoms with Crippen LogP contribution in [0.15, 0.2) is 30.3 Å². The number of hydrogen-bond acceptors (Lipinski definition) is 0. The molecule has 2 rings (SSSR count). The van der Waals surface area contributed by atoms with E-state index in [-0.39, 0.29) is 0 Å². The van der Waals surface area contributed by atoms with E-state index in [2.05, 4.69) is 37.3 Å². The minimum Gasteiger partial charge on any atom is -0.0683 e. The van der Waals surface area contributed by atoms with E-state index >= 15 is 0 Å². The van der Waals surface area contributed by atoms with Crippen LogP contribution >= 0.6 is 0 Å². The monoisotopic (exact) mass is 218 g/mol. The topological polar surface area (TPSA) is 0 Å². The average molecular weight is 218 g/mol. The molecule has 0 nitrogen and oxygen atoms in total. The maximum atomic E-state index is 2.35. The Morgan fingerprint density at radius 2 is 1.50 bits per heavy atom. The van der Waals surface area contributed by atoms with Crippen molar-refractivity contribution >= 4 is 0 Å². The molecular formula is C16H26. The summed E-state index contributed by atoms with van der Waals surface area (Å²) in [6.07, 6.45) is 8.37. The molecule has 1 aliphatic carbocycles. The van der Waals surface area contributed by atoms with Crippen LogP contribution in [-0.2, 0) is 5.41 Å². The molecule has 1 saturated carbocycles. The van der Waals surface area contributed by atoms with Gasteiger partial charge in [-0.1, -0.05) is 70.4 Å². The fourth-order valence-electron chi connectivity index (χ4n) is 2.87. The van der Waals surface area contributed by atoms with Gasteiger partial charge in [-0.2, -0.15) is 0 Å². The summed E-state index contributed by atoms with van der Waals surface area (Å²) in [7, 11) is 0. The van der Waals surface area contributed by atoms with Crippen molar-refractivity contribution in [1.82, 2.24) is 0 Å². The molecule has 0 atom stereocenters. The Labute approximate surface area is 101 Å². The first-order valence-electron chi connectivity index (χ1n) is 6.93. The summed E-state index contributed by atoms with van der Waals surface area (Å²) >= 11 is 0. The molecule has 0 unspecified atom stereocenters. The normalized spacial score (nSPS) is 18.4. The SMILES string of the molecule is CC.CCC1(c2ccccc2)CCCCC1. The molecule has 0 aromatic heterocycles. The minimum atomic E-state index is 0.513. The Balaban J connectivity index is 0.000000606. The zero-order valence-electron chi connectivity index (χ0n) is 11.1. The second-order valence-corrected chi connectivity index (χ2v) is 4.56. The zero-order valence-corrected chi connectivity index (χ0v) is 11.1. The van der Waals surface area contributed by atoms with Crippen LogP contribution in [-0.4, -0.2) is 0 Å². The summed E-state index contributed by atoms with van der Waals surface area (Å²) in [5.41, 5.74) is 2.08. The van der Waals surface area contributed by atoms with E-state index in [0.717, 1.165) is 0 Å². The minimum absolute atomic E-state index is 0.513. The third kappa shape index (κ3) is 2.87. The molecule has 1 aromatic rings. The van der Waals surface area contributed by atoms with Gasteiger partial charge in [-0.3, -0.25) is 0 Å². The van der Waals surface area contributed by atoms with Gasteiger partial charge in [-0.25, -0.2) is 0 Å². The zero-order chi connectivity index (χ0) is 11.9. The Morgan fingerprint density at radius 3 is 2.00 bits per heavy atom. The van der Waals surface area contributed by atoms with Crippen molar-refractivity contribution in [1.29, 1.82) is 0 Å². The standard InChI is InChI=1S/C14H20.C2H6/c1-2-14(11-7-4-8-12-14)13-9-5-3-6-10-13;1-2/h3,5-6,9-10H,2,4,7-8,11-12H2,1H3;1-2H3. The van der Waals surface area contributed by atoms with E-state index in [4.69, 9.17) is 0 Å². The number of rotatable bonds is 2. The Kier molecular flexibility index (Phi) is 5.59. The van der Waals surface area contributed by atoms with Crippen molar-refractivity contribution in [3.63, 3.8) is 0 Å². The highest BCUT2D eigenvalue weighted by atomic mass is 14.4. The van der Waals surface area contributed by atoms with Gasteiger partial charge >= 0.3 is 0 Å². The quantitative estimate of drug-likeness (QED) is 0.630. The first kappa shape index (κ1) is 13.3. The van der Waals surface area contributed by atoms with E-state index < -0.39 is 0 Å². The third-order valence-electron chi connectivity index (χ3n) is 3.87. The largest absolute Gasteiger partial charge is 0.0683 e. The summed E-state index contributed by atoms with van der Waals surface area (Å²) in [6, 6.07) is 11.1. The van der Waals surface area contributed by atoms with Gasteiger partial charge in [0, 0.05) is 0 Å². The molecule has 0 saturated heterocycles. The molecule has 0 spiro atoms. The highest BCUT2D eigenvalue weighted by Crippen LogP contribution is 2.41. The highest BCUT2D eigenvalue weighted by molar-refractivity contribution is 5.25. The van der Waals surface area contributed by atoms with Crippen LogP contribution in [0, 0.1) is 0 Å². The molecule has 1 fully saturated rings. The van der Waals surface area contributed by atoms with Crippen LogP contribution in [0.1, 0.15) is 64.9 Å². The maximum absolute atomic E-state index is 2.35. The van der Waals surface area contributed by atoms with Crippen molar-refractivity contribution in [3.05, 3.63) is 35.9 Å². The molecule has 0 heterocycles. The van der Waals surface area contributed by atoms with E-state index in [1.165, 1.54) is 38.5 Å². The van der Waals surface area contributed by atoms with Crippen LogP contribution in [0.2, 0.25) is 0 Å². The number of hydrogen-bond donors (Lipinski definition) is 0. The Hall–Kier alpha value is -0.780. The fourth-order valence-corrected chi connectivity index (χ4v) is 2.87. The fraction of sp³-hybridized carbons (Fsp3) is 0.625. The second-order valence-electron chi connectivity index (χ2n) is 4.56. The summed E-state index contributed by atoms with van der Waals surface area (Å²) in [6.45, 7) is 6.35. The van der Waals surface area contributed by atoms with Gasteiger partial charge in [-0.15, -0.1) is 0 Å². The predicted octanol–water partition coefficient (Wildman–Crippen LogP) is 5.32. The van der Waals surface area contributed by atoms with Crippen LogP contribution in [0.25, 0.3) is 0 Å². The molecule has 16 heavy (non-hydrogen) atoms. The predicted molar refractivity (Wildman–Crippen MR) is 72.8 cm³/mol. The molecule has 1 aliphatic rings. The lowest BCUT2D eigenvalue weighted by atomic mass is 9.68. The molecule has 0 heteroatoms. The van der Waals surface area contributed by atoms with E-state index in [1.807, 2.05) is 13.8 Å². The average Bonchev–Trinajstić information content (AvgIpc) is 2.43. The Morgan fingerprint density at radius 1 is 0.938 bits per heavy atom. The second kappa shape index (κ2) is 6.73. The van der Waals surface area contributed by atoms with Crippen LogP contribution in [0.4, 0.5) is 0 Å². The molecular weight excluding hydrogens is 192 g/mol. The molecule has 0 N–H and O–H groups in total. The van der Waals surface area contributed by atoms with Crippen LogP contribution in [0.3, 0.4) is 0 Å². The van der Waals surface area contributed by atoms with Crippen molar-refractivity contribution in [2.75, 3.05) is 0 Å². The number of benzene rings is 1. The van der Waals surface area contributed by atoms with Crippen molar-refractivity contribution < 1.29 is 0 Å². The summed E-state index contributed by atoms with van der Waals surface area (Å²) in [4.78, 5) is 0. The van der Waals surface area contributed by atoms with Crippen LogP contribution < -0.4 is 0 Å². The van der Waals surface area contributed by atoms with Gasteiger partial charge in [0.15, 0.2) is 0 Å². The summed E-state index contributed by atoms with van der Waals surface area (Å²) in [5, 5.41) is 0. The maximum Gasteiger partial charge on any atom is -0.00496 e. The molecule has 0 amide bonds. The lowest BCUT2D eigenvalue weighted by Crippen LogP contribution is -2.27. The lowest BCUT2D eigenvalue weighted by Gasteiger charge is -2.37. The van der Waals surface area contributed by atoms with E-state index in [0.29, 0.717) is 5.41 Å². The van der Waals surface area contributed by atoms with Gasteiger partial charge in [0.1, 0.15) is 0 Å². The summed E-state index contributed by atoms with van der Waals surface area (Å²) < 4.78 is 0. The van der Waals surface area contributed by atoms with Gasteiger partial charge < -0.3 is 0 Å². The van der Waals surface area contributed by atoms with E-state index in [1.54, 1.807) is 5.56 Å². The van der Waals surface area contributed by atoms with Gasteiger partial charge in [0.2, 0.25) is 0 Å². The lowest BCUT2D eigenvalue weighted by molar-refractivity contribution is 0.283. The van der Waals surface area contributed by atoms with Gasteiger partial charge in [0.05, 0.1) is 0 Å².